The molecule has 4 heteroatoms. The molecule has 0 heterocycles. The number of unbranched alkanes of at least 4 members (excludes halogenated alkanes) is 3. The smallest absolute Gasteiger partial charge is 0.302 e. The SMILES string of the molecule is CCCCC[C@H](CCCCc1ccc(O)c(OC)c1)OC(C)=O. The van der Waals surface area contributed by atoms with Crippen molar-refractivity contribution in [1.29, 1.82) is 0 Å². The molecule has 0 amide bonds. The van der Waals surface area contributed by atoms with E-state index in [2.05, 4.69) is 6.92 Å². The van der Waals surface area contributed by atoms with Crippen LogP contribution in [-0.4, -0.2) is 24.3 Å². The zero-order chi connectivity index (χ0) is 17.1. The Bertz CT molecular complexity index is 470. The quantitative estimate of drug-likeness (QED) is 0.477. The molecule has 0 aliphatic rings. The Morgan fingerprint density at radius 1 is 1.17 bits per heavy atom. The summed E-state index contributed by atoms with van der Waals surface area (Å²) in [5.41, 5.74) is 1.15. The molecule has 0 spiro atoms. The molecule has 130 valence electrons. The van der Waals surface area contributed by atoms with Crippen LogP contribution < -0.4 is 4.74 Å². The summed E-state index contributed by atoms with van der Waals surface area (Å²) in [6, 6.07) is 5.46. The molecule has 0 unspecified atom stereocenters. The lowest BCUT2D eigenvalue weighted by Crippen LogP contribution is -2.16. The Hall–Kier alpha value is -1.71. The molecule has 1 aromatic rings. The number of methoxy groups -OCH3 is 1. The highest BCUT2D eigenvalue weighted by atomic mass is 16.5. The summed E-state index contributed by atoms with van der Waals surface area (Å²) in [6.45, 7) is 3.66. The molecule has 0 aliphatic heterocycles. The topological polar surface area (TPSA) is 55.8 Å². The molecule has 0 saturated heterocycles. The number of phenols is 1. The maximum absolute atomic E-state index is 11.2. The Kier molecular flexibility index (Phi) is 9.18. The number of carbonyl (C=O) groups excluding carboxylic acids is 1. The molecule has 0 bridgehead atoms. The number of hydrogen-bond acceptors (Lipinski definition) is 4. The summed E-state index contributed by atoms with van der Waals surface area (Å²) >= 11 is 0. The Morgan fingerprint density at radius 3 is 2.48 bits per heavy atom. The van der Waals surface area contributed by atoms with Crippen LogP contribution in [-0.2, 0) is 16.0 Å². The first-order chi connectivity index (χ1) is 11.1. The lowest BCUT2D eigenvalue weighted by atomic mass is 10.0. The van der Waals surface area contributed by atoms with Gasteiger partial charge in [-0.25, -0.2) is 0 Å². The summed E-state index contributed by atoms with van der Waals surface area (Å²) in [6.07, 6.45) is 8.38. The van der Waals surface area contributed by atoms with Crippen LogP contribution in [0.1, 0.15) is 64.4 Å². The zero-order valence-corrected chi connectivity index (χ0v) is 14.6. The Morgan fingerprint density at radius 2 is 1.87 bits per heavy atom. The number of ether oxygens (including phenoxy) is 2. The summed E-state index contributed by atoms with van der Waals surface area (Å²) in [7, 11) is 1.55. The molecule has 0 fully saturated rings. The van der Waals surface area contributed by atoms with Crippen LogP contribution >= 0.6 is 0 Å². The van der Waals surface area contributed by atoms with Crippen LogP contribution in [0.25, 0.3) is 0 Å². The normalized spacial score (nSPS) is 12.0. The number of benzene rings is 1. The number of esters is 1. The van der Waals surface area contributed by atoms with E-state index in [1.807, 2.05) is 12.1 Å². The van der Waals surface area contributed by atoms with Gasteiger partial charge in [-0.3, -0.25) is 4.79 Å². The highest BCUT2D eigenvalue weighted by molar-refractivity contribution is 5.66. The van der Waals surface area contributed by atoms with E-state index in [-0.39, 0.29) is 17.8 Å². The molecule has 0 aliphatic carbocycles. The molecule has 1 rings (SSSR count). The van der Waals surface area contributed by atoms with Gasteiger partial charge in [0.1, 0.15) is 6.10 Å². The molecule has 0 aromatic heterocycles. The van der Waals surface area contributed by atoms with E-state index < -0.39 is 0 Å². The first-order valence-electron chi connectivity index (χ1n) is 8.60. The van der Waals surface area contributed by atoms with Crippen molar-refractivity contribution in [3.05, 3.63) is 23.8 Å². The summed E-state index contributed by atoms with van der Waals surface area (Å²) in [5.74, 6) is 0.497. The molecule has 1 N–H and O–H groups in total. The van der Waals surface area contributed by atoms with Crippen LogP contribution in [0.3, 0.4) is 0 Å². The van der Waals surface area contributed by atoms with Gasteiger partial charge in [-0.2, -0.15) is 0 Å². The predicted molar refractivity (Wildman–Crippen MR) is 91.9 cm³/mol. The zero-order valence-electron chi connectivity index (χ0n) is 14.6. The van der Waals surface area contributed by atoms with Gasteiger partial charge in [-0.15, -0.1) is 0 Å². The van der Waals surface area contributed by atoms with Gasteiger partial charge in [0.15, 0.2) is 11.5 Å². The van der Waals surface area contributed by atoms with E-state index in [9.17, 15) is 9.90 Å². The second kappa shape index (κ2) is 10.9. The molecule has 1 aromatic carbocycles. The van der Waals surface area contributed by atoms with Crippen molar-refractivity contribution in [3.63, 3.8) is 0 Å². The van der Waals surface area contributed by atoms with Gasteiger partial charge in [0.25, 0.3) is 0 Å². The number of carbonyl (C=O) groups is 1. The molecule has 4 nitrogen and oxygen atoms in total. The van der Waals surface area contributed by atoms with E-state index in [1.165, 1.54) is 19.8 Å². The van der Waals surface area contributed by atoms with Crippen molar-refractivity contribution in [2.24, 2.45) is 0 Å². The fraction of sp³-hybridized carbons (Fsp3) is 0.632. The second-order valence-electron chi connectivity index (χ2n) is 5.98. The van der Waals surface area contributed by atoms with Crippen LogP contribution in [0.4, 0.5) is 0 Å². The van der Waals surface area contributed by atoms with Gasteiger partial charge in [0.05, 0.1) is 7.11 Å². The second-order valence-corrected chi connectivity index (χ2v) is 5.98. The van der Waals surface area contributed by atoms with Crippen molar-refractivity contribution < 1.29 is 19.4 Å². The molecule has 0 radical (unpaired) electrons. The van der Waals surface area contributed by atoms with Crippen molar-refractivity contribution in [1.82, 2.24) is 0 Å². The van der Waals surface area contributed by atoms with E-state index in [4.69, 9.17) is 9.47 Å². The van der Waals surface area contributed by atoms with E-state index in [1.54, 1.807) is 13.2 Å². The van der Waals surface area contributed by atoms with E-state index in [0.717, 1.165) is 44.1 Å². The van der Waals surface area contributed by atoms with Gasteiger partial charge in [-0.1, -0.05) is 25.8 Å². The largest absolute Gasteiger partial charge is 0.504 e. The monoisotopic (exact) mass is 322 g/mol. The third kappa shape index (κ3) is 7.91. The predicted octanol–water partition coefficient (Wildman–Crippen LogP) is 4.63. The number of rotatable bonds is 11. The molecular formula is C19H30O4. The average molecular weight is 322 g/mol. The van der Waals surface area contributed by atoms with Gasteiger partial charge < -0.3 is 14.6 Å². The third-order valence-electron chi connectivity index (χ3n) is 3.95. The van der Waals surface area contributed by atoms with Crippen LogP contribution in [0.5, 0.6) is 11.5 Å². The van der Waals surface area contributed by atoms with E-state index in [0.29, 0.717) is 5.75 Å². The number of aryl methyl sites for hydroxylation is 1. The third-order valence-corrected chi connectivity index (χ3v) is 3.95. The van der Waals surface area contributed by atoms with Gasteiger partial charge in [-0.05, 0) is 56.2 Å². The fourth-order valence-electron chi connectivity index (χ4n) is 2.70. The minimum atomic E-state index is -0.185. The summed E-state index contributed by atoms with van der Waals surface area (Å²) < 4.78 is 10.5. The number of aromatic hydroxyl groups is 1. The highest BCUT2D eigenvalue weighted by Crippen LogP contribution is 2.27. The lowest BCUT2D eigenvalue weighted by Gasteiger charge is -2.17. The van der Waals surface area contributed by atoms with Crippen molar-refractivity contribution in [2.75, 3.05) is 7.11 Å². The molecular weight excluding hydrogens is 292 g/mol. The number of phenolic OH excluding ortho intramolecular Hbond substituents is 1. The standard InChI is InChI=1S/C19H30O4/c1-4-5-6-10-17(23-15(2)20)11-8-7-9-16-12-13-18(21)19(14-16)22-3/h12-14,17,21H,4-11H2,1-3H3/t17-/m1/s1. The first-order valence-corrected chi connectivity index (χ1v) is 8.60. The van der Waals surface area contributed by atoms with E-state index >= 15 is 0 Å². The van der Waals surface area contributed by atoms with Crippen molar-refractivity contribution in [3.8, 4) is 11.5 Å². The maximum Gasteiger partial charge on any atom is 0.302 e. The molecule has 23 heavy (non-hydrogen) atoms. The Labute approximate surface area is 139 Å². The first kappa shape index (κ1) is 19.3. The van der Waals surface area contributed by atoms with Crippen LogP contribution in [0.15, 0.2) is 18.2 Å². The van der Waals surface area contributed by atoms with Crippen molar-refractivity contribution in [2.45, 2.75) is 71.3 Å². The fourth-order valence-corrected chi connectivity index (χ4v) is 2.70. The van der Waals surface area contributed by atoms with Crippen LogP contribution in [0, 0.1) is 0 Å². The molecule has 0 saturated carbocycles. The van der Waals surface area contributed by atoms with Gasteiger partial charge in [0, 0.05) is 6.92 Å². The maximum atomic E-state index is 11.2. The molecule has 1 atom stereocenters. The highest BCUT2D eigenvalue weighted by Gasteiger charge is 2.11. The van der Waals surface area contributed by atoms with Crippen molar-refractivity contribution >= 4 is 5.97 Å². The summed E-state index contributed by atoms with van der Waals surface area (Å²) in [5, 5.41) is 9.59. The lowest BCUT2D eigenvalue weighted by molar-refractivity contribution is -0.147. The van der Waals surface area contributed by atoms with Gasteiger partial charge >= 0.3 is 5.97 Å². The Balaban J connectivity index is 2.36. The van der Waals surface area contributed by atoms with Gasteiger partial charge in [0.2, 0.25) is 0 Å². The summed E-state index contributed by atoms with van der Waals surface area (Å²) in [4.78, 5) is 11.2. The minimum Gasteiger partial charge on any atom is -0.504 e. The average Bonchev–Trinajstić information content (AvgIpc) is 2.52. The number of hydrogen-bond donors (Lipinski definition) is 1. The van der Waals surface area contributed by atoms with Crippen LogP contribution in [0.2, 0.25) is 0 Å². The minimum absolute atomic E-state index is 0.0494.